The van der Waals surface area contributed by atoms with Crippen LogP contribution in [0.4, 0.5) is 0 Å². The van der Waals surface area contributed by atoms with E-state index in [1.807, 2.05) is 41.8 Å². The highest BCUT2D eigenvalue weighted by atomic mass is 32.2. The van der Waals surface area contributed by atoms with Gasteiger partial charge in [0.2, 0.25) is 5.91 Å². The Bertz CT molecular complexity index is 952. The first-order chi connectivity index (χ1) is 13.5. The van der Waals surface area contributed by atoms with Crippen molar-refractivity contribution in [1.29, 1.82) is 0 Å². The van der Waals surface area contributed by atoms with Gasteiger partial charge in [-0.05, 0) is 44.4 Å². The second kappa shape index (κ2) is 9.06. The highest BCUT2D eigenvalue weighted by Gasteiger charge is 2.16. The lowest BCUT2D eigenvalue weighted by atomic mass is 10.0. The number of aromatic nitrogens is 3. The predicted molar refractivity (Wildman–Crippen MR) is 114 cm³/mol. The van der Waals surface area contributed by atoms with Crippen molar-refractivity contribution < 1.29 is 4.79 Å². The molecule has 1 atom stereocenters. The molecular formula is C22H26N4OS. The van der Waals surface area contributed by atoms with Crippen molar-refractivity contribution in [1.82, 2.24) is 20.1 Å². The smallest absolute Gasteiger partial charge is 0.230 e. The van der Waals surface area contributed by atoms with Crippen LogP contribution in [0.1, 0.15) is 36.6 Å². The van der Waals surface area contributed by atoms with Crippen LogP contribution in [0.15, 0.2) is 53.7 Å². The van der Waals surface area contributed by atoms with Gasteiger partial charge in [0.1, 0.15) is 0 Å². The summed E-state index contributed by atoms with van der Waals surface area (Å²) in [6.45, 7) is 8.99. The van der Waals surface area contributed by atoms with Gasteiger partial charge in [0.25, 0.3) is 0 Å². The van der Waals surface area contributed by atoms with Crippen molar-refractivity contribution in [2.45, 2.75) is 45.4 Å². The Balaban J connectivity index is 1.63. The summed E-state index contributed by atoms with van der Waals surface area (Å²) >= 11 is 1.42. The van der Waals surface area contributed by atoms with Crippen molar-refractivity contribution in [2.75, 3.05) is 5.75 Å². The van der Waals surface area contributed by atoms with E-state index in [9.17, 15) is 4.79 Å². The third-order valence-corrected chi connectivity index (χ3v) is 5.77. The fourth-order valence-electron chi connectivity index (χ4n) is 3.01. The molecule has 0 fully saturated rings. The molecule has 1 aromatic heterocycles. The van der Waals surface area contributed by atoms with Gasteiger partial charge in [0, 0.05) is 12.1 Å². The normalized spacial score (nSPS) is 12.0. The maximum absolute atomic E-state index is 12.4. The zero-order chi connectivity index (χ0) is 20.1. The lowest BCUT2D eigenvalue weighted by Gasteiger charge is -2.15. The minimum Gasteiger partial charge on any atom is -0.349 e. The number of rotatable bonds is 7. The van der Waals surface area contributed by atoms with Crippen LogP contribution < -0.4 is 5.32 Å². The van der Waals surface area contributed by atoms with E-state index < -0.39 is 0 Å². The minimum absolute atomic E-state index is 0.0114. The van der Waals surface area contributed by atoms with Crippen LogP contribution >= 0.6 is 11.8 Å². The molecule has 28 heavy (non-hydrogen) atoms. The van der Waals surface area contributed by atoms with Crippen LogP contribution in [0.3, 0.4) is 0 Å². The molecule has 5 nitrogen and oxygen atoms in total. The summed E-state index contributed by atoms with van der Waals surface area (Å²) < 4.78 is 2.04. The van der Waals surface area contributed by atoms with E-state index >= 15 is 0 Å². The molecule has 0 saturated heterocycles. The fraction of sp³-hybridized carbons (Fsp3) is 0.318. The van der Waals surface area contributed by atoms with Crippen molar-refractivity contribution in [3.05, 3.63) is 65.2 Å². The topological polar surface area (TPSA) is 59.8 Å². The molecule has 0 spiro atoms. The zero-order valence-corrected chi connectivity index (χ0v) is 17.6. The molecule has 3 rings (SSSR count). The molecule has 0 aliphatic carbocycles. The number of hydrogen-bond acceptors (Lipinski definition) is 4. The third-order valence-electron chi connectivity index (χ3n) is 4.81. The summed E-state index contributed by atoms with van der Waals surface area (Å²) in [5.74, 6) is 1.12. The maximum atomic E-state index is 12.4. The lowest BCUT2D eigenvalue weighted by Crippen LogP contribution is -2.28. The van der Waals surface area contributed by atoms with E-state index in [4.69, 9.17) is 0 Å². The first-order valence-corrected chi connectivity index (χ1v) is 10.5. The maximum Gasteiger partial charge on any atom is 0.230 e. The Morgan fingerprint density at radius 1 is 1.11 bits per heavy atom. The highest BCUT2D eigenvalue weighted by Crippen LogP contribution is 2.24. The van der Waals surface area contributed by atoms with Crippen LogP contribution in [0.2, 0.25) is 0 Å². The summed E-state index contributed by atoms with van der Waals surface area (Å²) in [5, 5.41) is 12.4. The second-order valence-corrected chi connectivity index (χ2v) is 7.78. The minimum atomic E-state index is -0.0312. The van der Waals surface area contributed by atoms with Gasteiger partial charge >= 0.3 is 0 Å². The fourth-order valence-corrected chi connectivity index (χ4v) is 3.83. The van der Waals surface area contributed by atoms with E-state index in [-0.39, 0.29) is 11.9 Å². The van der Waals surface area contributed by atoms with E-state index in [1.54, 1.807) is 0 Å². The van der Waals surface area contributed by atoms with Crippen molar-refractivity contribution in [3.8, 4) is 11.4 Å². The Labute approximate surface area is 170 Å². The summed E-state index contributed by atoms with van der Waals surface area (Å²) in [7, 11) is 0. The third kappa shape index (κ3) is 4.62. The average Bonchev–Trinajstić information content (AvgIpc) is 3.12. The van der Waals surface area contributed by atoms with E-state index in [1.165, 1.54) is 22.9 Å². The molecule has 1 heterocycles. The van der Waals surface area contributed by atoms with Crippen LogP contribution in [0.5, 0.6) is 0 Å². The molecule has 146 valence electrons. The Kier molecular flexibility index (Phi) is 6.52. The Hall–Kier alpha value is -2.60. The average molecular weight is 395 g/mol. The largest absolute Gasteiger partial charge is 0.349 e. The molecule has 2 aromatic carbocycles. The van der Waals surface area contributed by atoms with Crippen molar-refractivity contribution in [2.24, 2.45) is 0 Å². The monoisotopic (exact) mass is 394 g/mol. The molecule has 0 aliphatic heterocycles. The molecular weight excluding hydrogens is 368 g/mol. The van der Waals surface area contributed by atoms with Crippen LogP contribution in [-0.4, -0.2) is 26.4 Å². The number of aryl methyl sites for hydroxylation is 2. The van der Waals surface area contributed by atoms with Gasteiger partial charge < -0.3 is 9.88 Å². The van der Waals surface area contributed by atoms with Gasteiger partial charge in [0.15, 0.2) is 11.0 Å². The quantitative estimate of drug-likeness (QED) is 0.597. The summed E-state index contributed by atoms with van der Waals surface area (Å²) in [5.41, 5.74) is 4.63. The first-order valence-electron chi connectivity index (χ1n) is 9.47. The molecule has 6 heteroatoms. The molecule has 0 saturated carbocycles. The number of carbonyl (C=O) groups excluding carboxylic acids is 1. The number of nitrogens with zero attached hydrogens (tertiary/aromatic N) is 3. The summed E-state index contributed by atoms with van der Waals surface area (Å²) in [6.07, 6.45) is 0. The molecule has 0 bridgehead atoms. The van der Waals surface area contributed by atoms with Gasteiger partial charge in [-0.25, -0.2) is 0 Å². The Morgan fingerprint density at radius 3 is 2.54 bits per heavy atom. The van der Waals surface area contributed by atoms with Crippen molar-refractivity contribution >= 4 is 17.7 Å². The lowest BCUT2D eigenvalue weighted by molar-refractivity contribution is -0.119. The summed E-state index contributed by atoms with van der Waals surface area (Å²) in [6, 6.07) is 16.2. The number of thioether (sulfide) groups is 1. The summed E-state index contributed by atoms with van der Waals surface area (Å²) in [4.78, 5) is 12.4. The highest BCUT2D eigenvalue weighted by molar-refractivity contribution is 7.99. The van der Waals surface area contributed by atoms with E-state index in [0.717, 1.165) is 28.7 Å². The molecule has 0 unspecified atom stereocenters. The van der Waals surface area contributed by atoms with Gasteiger partial charge in [-0.15, -0.1) is 10.2 Å². The molecule has 1 amide bonds. The van der Waals surface area contributed by atoms with Gasteiger partial charge in [-0.3, -0.25) is 4.79 Å². The molecule has 3 aromatic rings. The van der Waals surface area contributed by atoms with Crippen LogP contribution in [0, 0.1) is 13.8 Å². The first kappa shape index (κ1) is 20.1. The van der Waals surface area contributed by atoms with Gasteiger partial charge in [-0.1, -0.05) is 60.3 Å². The number of nitrogens with one attached hydrogen (secondary N) is 1. The number of benzene rings is 2. The van der Waals surface area contributed by atoms with Crippen LogP contribution in [-0.2, 0) is 11.3 Å². The molecule has 0 aliphatic rings. The molecule has 1 N–H and O–H groups in total. The standard InChI is InChI=1S/C22H26N4OS/c1-5-26-21(18-9-7-6-8-10-18)24-25-22(26)28-14-20(27)23-17(4)19-12-11-15(2)16(3)13-19/h6-13,17H,5,14H2,1-4H3,(H,23,27)/t17-/m0/s1. The van der Waals surface area contributed by atoms with E-state index in [0.29, 0.717) is 5.75 Å². The number of carbonyl (C=O) groups is 1. The second-order valence-electron chi connectivity index (χ2n) is 6.84. The van der Waals surface area contributed by atoms with Crippen LogP contribution in [0.25, 0.3) is 11.4 Å². The number of hydrogen-bond donors (Lipinski definition) is 1. The Morgan fingerprint density at radius 2 is 1.86 bits per heavy atom. The van der Waals surface area contributed by atoms with Crippen molar-refractivity contribution in [3.63, 3.8) is 0 Å². The van der Waals surface area contributed by atoms with E-state index in [2.05, 4.69) is 54.5 Å². The zero-order valence-electron chi connectivity index (χ0n) is 16.8. The number of amides is 1. The van der Waals surface area contributed by atoms with Gasteiger partial charge in [0.05, 0.1) is 11.8 Å². The molecule has 0 radical (unpaired) electrons. The SMILES string of the molecule is CCn1c(SCC(=O)N[C@@H](C)c2ccc(C)c(C)c2)nnc1-c1ccccc1. The van der Waals surface area contributed by atoms with Gasteiger partial charge in [-0.2, -0.15) is 0 Å². The predicted octanol–water partition coefficient (Wildman–Crippen LogP) is 4.55.